The first-order chi connectivity index (χ1) is 11.1. The highest BCUT2D eigenvalue weighted by Gasteiger charge is 2.31. The van der Waals surface area contributed by atoms with Crippen LogP contribution in [-0.4, -0.2) is 25.3 Å². The average Bonchev–Trinajstić information content (AvgIpc) is 2.52. The summed E-state index contributed by atoms with van der Waals surface area (Å²) in [6.07, 6.45) is -5.52. The number of allylic oxidation sites excluding steroid dienone is 1. The van der Waals surface area contributed by atoms with E-state index >= 15 is 0 Å². The summed E-state index contributed by atoms with van der Waals surface area (Å²) in [6, 6.07) is 2.44. The van der Waals surface area contributed by atoms with Gasteiger partial charge >= 0.3 is 18.2 Å². The third-order valence-corrected chi connectivity index (χ3v) is 3.37. The van der Waals surface area contributed by atoms with Gasteiger partial charge in [0.15, 0.2) is 0 Å². The average molecular weight is 366 g/mol. The standard InChI is InChI=1S/C15H15ClF3NO4/c1-4-8(2)12(13(21)23-3)24-14(22)20-11-7-9(15(17,18)19)5-6-10(11)16/h4-7,12H,1-3H3,(H,20,22). The summed E-state index contributed by atoms with van der Waals surface area (Å²) < 4.78 is 47.5. The number of rotatable bonds is 4. The molecule has 1 aromatic carbocycles. The van der Waals surface area contributed by atoms with Crippen molar-refractivity contribution in [3.05, 3.63) is 40.4 Å². The molecule has 1 N–H and O–H groups in total. The van der Waals surface area contributed by atoms with E-state index in [0.717, 1.165) is 19.2 Å². The van der Waals surface area contributed by atoms with Gasteiger partial charge in [-0.25, -0.2) is 9.59 Å². The van der Waals surface area contributed by atoms with E-state index in [1.807, 2.05) is 0 Å². The molecular formula is C15H15ClF3NO4. The molecule has 0 radical (unpaired) electrons. The van der Waals surface area contributed by atoms with E-state index in [1.165, 1.54) is 13.0 Å². The molecule has 24 heavy (non-hydrogen) atoms. The highest BCUT2D eigenvalue weighted by molar-refractivity contribution is 6.33. The number of nitrogens with one attached hydrogen (secondary N) is 1. The zero-order valence-corrected chi connectivity index (χ0v) is 13.8. The van der Waals surface area contributed by atoms with Crippen LogP contribution in [0.1, 0.15) is 19.4 Å². The van der Waals surface area contributed by atoms with Crippen LogP contribution in [0, 0.1) is 0 Å². The zero-order chi connectivity index (χ0) is 18.5. The van der Waals surface area contributed by atoms with Gasteiger partial charge in [-0.1, -0.05) is 17.7 Å². The molecule has 1 rings (SSSR count). The molecule has 0 heterocycles. The Balaban J connectivity index is 2.96. The number of benzene rings is 1. The van der Waals surface area contributed by atoms with Crippen molar-refractivity contribution in [1.82, 2.24) is 0 Å². The van der Waals surface area contributed by atoms with E-state index in [9.17, 15) is 22.8 Å². The number of alkyl halides is 3. The Morgan fingerprint density at radius 1 is 1.33 bits per heavy atom. The summed E-state index contributed by atoms with van der Waals surface area (Å²) in [6.45, 7) is 3.16. The number of anilines is 1. The van der Waals surface area contributed by atoms with E-state index in [2.05, 4.69) is 10.1 Å². The molecule has 1 amide bonds. The number of carbonyl (C=O) groups excluding carboxylic acids is 2. The van der Waals surface area contributed by atoms with Crippen molar-refractivity contribution < 1.29 is 32.2 Å². The van der Waals surface area contributed by atoms with Crippen LogP contribution in [-0.2, 0) is 20.4 Å². The van der Waals surface area contributed by atoms with E-state index in [4.69, 9.17) is 16.3 Å². The van der Waals surface area contributed by atoms with Gasteiger partial charge in [0.05, 0.1) is 23.4 Å². The fourth-order valence-electron chi connectivity index (χ4n) is 1.63. The maximum atomic E-state index is 12.7. The molecule has 132 valence electrons. The van der Waals surface area contributed by atoms with Gasteiger partial charge in [-0.15, -0.1) is 0 Å². The molecule has 0 fully saturated rings. The summed E-state index contributed by atoms with van der Waals surface area (Å²) in [5.74, 6) is -0.823. The van der Waals surface area contributed by atoms with Gasteiger partial charge in [0.25, 0.3) is 0 Å². The van der Waals surface area contributed by atoms with Crippen LogP contribution in [0.4, 0.5) is 23.7 Å². The van der Waals surface area contributed by atoms with Crippen LogP contribution in [0.3, 0.4) is 0 Å². The third-order valence-electron chi connectivity index (χ3n) is 3.04. The van der Waals surface area contributed by atoms with Crippen molar-refractivity contribution in [3.8, 4) is 0 Å². The number of hydrogen-bond acceptors (Lipinski definition) is 4. The molecule has 0 aliphatic carbocycles. The molecule has 1 unspecified atom stereocenters. The summed E-state index contributed by atoms with van der Waals surface area (Å²) in [7, 11) is 1.11. The van der Waals surface area contributed by atoms with Crippen molar-refractivity contribution in [2.24, 2.45) is 0 Å². The van der Waals surface area contributed by atoms with Crippen molar-refractivity contribution >= 4 is 29.4 Å². The Morgan fingerprint density at radius 3 is 2.46 bits per heavy atom. The Labute approximate surface area is 141 Å². The number of halogens is 4. The minimum atomic E-state index is -4.60. The SMILES string of the molecule is CC=C(C)C(OC(=O)Nc1cc(C(F)(F)F)ccc1Cl)C(=O)OC. The molecule has 0 bridgehead atoms. The fourth-order valence-corrected chi connectivity index (χ4v) is 1.79. The molecule has 5 nitrogen and oxygen atoms in total. The van der Waals surface area contributed by atoms with Gasteiger partial charge in [0, 0.05) is 0 Å². The van der Waals surface area contributed by atoms with Gasteiger partial charge < -0.3 is 9.47 Å². The van der Waals surface area contributed by atoms with Crippen LogP contribution < -0.4 is 5.32 Å². The molecule has 1 aromatic rings. The number of ether oxygens (including phenoxy) is 2. The summed E-state index contributed by atoms with van der Waals surface area (Å²) in [5.41, 5.74) is -0.887. The summed E-state index contributed by atoms with van der Waals surface area (Å²) >= 11 is 5.77. The Bertz CT molecular complexity index is 659. The molecule has 0 aliphatic heterocycles. The third kappa shape index (κ3) is 5.16. The first-order valence-electron chi connectivity index (χ1n) is 6.65. The summed E-state index contributed by atoms with van der Waals surface area (Å²) in [5, 5.41) is 1.97. The monoisotopic (exact) mass is 365 g/mol. The van der Waals surface area contributed by atoms with Crippen LogP contribution in [0.15, 0.2) is 29.8 Å². The molecule has 0 saturated carbocycles. The molecule has 1 atom stereocenters. The first kappa shape index (κ1) is 19.8. The first-order valence-corrected chi connectivity index (χ1v) is 7.03. The minimum absolute atomic E-state index is 0.114. The van der Waals surface area contributed by atoms with Crippen molar-refractivity contribution in [1.29, 1.82) is 0 Å². The van der Waals surface area contributed by atoms with E-state index in [0.29, 0.717) is 11.6 Å². The second-order valence-electron chi connectivity index (χ2n) is 4.66. The molecular weight excluding hydrogens is 351 g/mol. The van der Waals surface area contributed by atoms with Crippen LogP contribution in [0.2, 0.25) is 5.02 Å². The maximum absolute atomic E-state index is 12.7. The second-order valence-corrected chi connectivity index (χ2v) is 5.07. The van der Waals surface area contributed by atoms with E-state index < -0.39 is 29.9 Å². The predicted octanol–water partition coefficient (Wildman–Crippen LogP) is 4.42. The van der Waals surface area contributed by atoms with Crippen LogP contribution in [0.25, 0.3) is 0 Å². The molecule has 0 saturated heterocycles. The van der Waals surface area contributed by atoms with E-state index in [-0.39, 0.29) is 10.7 Å². The topological polar surface area (TPSA) is 64.6 Å². The summed E-state index contributed by atoms with van der Waals surface area (Å²) in [4.78, 5) is 23.5. The maximum Gasteiger partial charge on any atom is 0.416 e. The number of esters is 1. The van der Waals surface area contributed by atoms with Gasteiger partial charge in [0.1, 0.15) is 0 Å². The second kappa shape index (κ2) is 8.05. The van der Waals surface area contributed by atoms with Crippen molar-refractivity contribution in [3.63, 3.8) is 0 Å². The molecule has 0 aliphatic rings. The quantitative estimate of drug-likeness (QED) is 0.634. The predicted molar refractivity (Wildman–Crippen MR) is 81.8 cm³/mol. The largest absolute Gasteiger partial charge is 0.466 e. The fraction of sp³-hybridized carbons (Fsp3) is 0.333. The number of methoxy groups -OCH3 is 1. The zero-order valence-electron chi connectivity index (χ0n) is 13.0. The molecule has 9 heteroatoms. The minimum Gasteiger partial charge on any atom is -0.466 e. The number of carbonyl (C=O) groups is 2. The molecule has 0 spiro atoms. The lowest BCUT2D eigenvalue weighted by Crippen LogP contribution is -2.31. The smallest absolute Gasteiger partial charge is 0.416 e. The van der Waals surface area contributed by atoms with Crippen molar-refractivity contribution in [2.75, 3.05) is 12.4 Å². The number of hydrogen-bond donors (Lipinski definition) is 1. The highest BCUT2D eigenvalue weighted by Crippen LogP contribution is 2.33. The lowest BCUT2D eigenvalue weighted by atomic mass is 10.1. The van der Waals surface area contributed by atoms with Gasteiger partial charge in [0.2, 0.25) is 6.10 Å². The highest BCUT2D eigenvalue weighted by atomic mass is 35.5. The lowest BCUT2D eigenvalue weighted by Gasteiger charge is -2.17. The van der Waals surface area contributed by atoms with Gasteiger partial charge in [-0.2, -0.15) is 13.2 Å². The Hall–Kier alpha value is -2.22. The normalized spacial score (nSPS) is 13.2. The number of amides is 1. The Kier molecular flexibility index (Phi) is 6.65. The van der Waals surface area contributed by atoms with Crippen LogP contribution in [0.5, 0.6) is 0 Å². The lowest BCUT2D eigenvalue weighted by molar-refractivity contribution is -0.148. The Morgan fingerprint density at radius 2 is 1.96 bits per heavy atom. The molecule has 0 aromatic heterocycles. The van der Waals surface area contributed by atoms with E-state index in [1.54, 1.807) is 6.92 Å². The van der Waals surface area contributed by atoms with Crippen molar-refractivity contribution in [2.45, 2.75) is 26.1 Å². The van der Waals surface area contributed by atoms with Gasteiger partial charge in [-0.3, -0.25) is 5.32 Å². The van der Waals surface area contributed by atoms with Crippen LogP contribution >= 0.6 is 11.6 Å². The van der Waals surface area contributed by atoms with Gasteiger partial charge in [-0.05, 0) is 37.6 Å².